The highest BCUT2D eigenvalue weighted by molar-refractivity contribution is 7.71. The SMILES string of the molecule is CCCCCCCCCCc1n[nH]c(=S)n1CC1CCCO1. The van der Waals surface area contributed by atoms with E-state index in [-0.39, 0.29) is 0 Å². The first-order valence-electron chi connectivity index (χ1n) is 9.07. The van der Waals surface area contributed by atoms with Gasteiger partial charge in [0.1, 0.15) is 5.82 Å². The highest BCUT2D eigenvalue weighted by atomic mass is 32.1. The predicted octanol–water partition coefficient (Wildman–Crippen LogP) is 4.80. The summed E-state index contributed by atoms with van der Waals surface area (Å²) in [6.45, 7) is 4.02. The Hall–Kier alpha value is -0.680. The van der Waals surface area contributed by atoms with Crippen molar-refractivity contribution >= 4 is 12.2 Å². The van der Waals surface area contributed by atoms with Gasteiger partial charge in [-0.3, -0.25) is 5.10 Å². The molecular weight excluding hydrogens is 294 g/mol. The van der Waals surface area contributed by atoms with Gasteiger partial charge >= 0.3 is 0 Å². The van der Waals surface area contributed by atoms with Crippen molar-refractivity contribution in [1.29, 1.82) is 0 Å². The predicted molar refractivity (Wildman–Crippen MR) is 92.7 cm³/mol. The molecule has 1 aromatic rings. The molecule has 0 spiro atoms. The third kappa shape index (κ3) is 5.84. The molecule has 0 saturated carbocycles. The number of aromatic nitrogens is 3. The van der Waals surface area contributed by atoms with Gasteiger partial charge in [-0.25, -0.2) is 0 Å². The molecule has 2 rings (SSSR count). The fourth-order valence-corrected chi connectivity index (χ4v) is 3.36. The Balaban J connectivity index is 1.66. The van der Waals surface area contributed by atoms with Crippen LogP contribution in [-0.2, 0) is 17.7 Å². The monoisotopic (exact) mass is 325 g/mol. The van der Waals surface area contributed by atoms with Crippen molar-refractivity contribution in [3.63, 3.8) is 0 Å². The van der Waals surface area contributed by atoms with Gasteiger partial charge in [0.25, 0.3) is 0 Å². The zero-order valence-corrected chi connectivity index (χ0v) is 14.8. The van der Waals surface area contributed by atoms with Gasteiger partial charge in [0.05, 0.1) is 12.6 Å². The normalized spacial score (nSPS) is 18.1. The van der Waals surface area contributed by atoms with E-state index in [4.69, 9.17) is 17.0 Å². The molecule has 0 amide bonds. The molecule has 1 saturated heterocycles. The van der Waals surface area contributed by atoms with Gasteiger partial charge in [0.2, 0.25) is 0 Å². The zero-order chi connectivity index (χ0) is 15.6. The van der Waals surface area contributed by atoms with Crippen LogP contribution in [0, 0.1) is 4.77 Å². The number of aryl methyl sites for hydroxylation is 1. The number of hydrogen-bond acceptors (Lipinski definition) is 3. The summed E-state index contributed by atoms with van der Waals surface area (Å²) < 4.78 is 8.60. The molecule has 0 aromatic carbocycles. The lowest BCUT2D eigenvalue weighted by molar-refractivity contribution is 0.0958. The van der Waals surface area contributed by atoms with E-state index < -0.39 is 0 Å². The lowest BCUT2D eigenvalue weighted by atomic mass is 10.1. The minimum Gasteiger partial charge on any atom is -0.376 e. The lowest BCUT2D eigenvalue weighted by Gasteiger charge is -2.12. The van der Waals surface area contributed by atoms with Gasteiger partial charge in [0.15, 0.2) is 4.77 Å². The van der Waals surface area contributed by atoms with Crippen molar-refractivity contribution in [3.8, 4) is 0 Å². The number of unbranched alkanes of at least 4 members (excludes halogenated alkanes) is 7. The molecule has 126 valence electrons. The summed E-state index contributed by atoms with van der Waals surface area (Å²) in [6.07, 6.45) is 14.4. The van der Waals surface area contributed by atoms with E-state index in [0.717, 1.165) is 36.6 Å². The molecule has 0 bridgehead atoms. The second-order valence-corrected chi connectivity index (χ2v) is 6.80. The average Bonchev–Trinajstić information content (AvgIpc) is 3.14. The van der Waals surface area contributed by atoms with Crippen molar-refractivity contribution in [2.75, 3.05) is 6.61 Å². The van der Waals surface area contributed by atoms with Crippen molar-refractivity contribution in [2.24, 2.45) is 0 Å². The third-order valence-electron chi connectivity index (χ3n) is 4.50. The Morgan fingerprint density at radius 1 is 1.18 bits per heavy atom. The Morgan fingerprint density at radius 3 is 2.59 bits per heavy atom. The average molecular weight is 326 g/mol. The highest BCUT2D eigenvalue weighted by Gasteiger charge is 2.18. The summed E-state index contributed by atoms with van der Waals surface area (Å²) in [5.41, 5.74) is 0. The largest absolute Gasteiger partial charge is 0.376 e. The van der Waals surface area contributed by atoms with Crippen molar-refractivity contribution in [1.82, 2.24) is 14.8 Å². The van der Waals surface area contributed by atoms with Crippen LogP contribution >= 0.6 is 12.2 Å². The van der Waals surface area contributed by atoms with E-state index in [1.165, 1.54) is 57.8 Å². The molecule has 5 heteroatoms. The van der Waals surface area contributed by atoms with Crippen molar-refractivity contribution in [2.45, 2.75) is 90.2 Å². The van der Waals surface area contributed by atoms with Crippen LogP contribution in [0.25, 0.3) is 0 Å². The number of aromatic amines is 1. The number of nitrogens with zero attached hydrogens (tertiary/aromatic N) is 2. The molecule has 0 radical (unpaired) electrons. The fraction of sp³-hybridized carbons (Fsp3) is 0.882. The molecule has 1 aromatic heterocycles. The molecule has 1 unspecified atom stereocenters. The zero-order valence-electron chi connectivity index (χ0n) is 14.0. The van der Waals surface area contributed by atoms with Crippen LogP contribution in [0.4, 0.5) is 0 Å². The summed E-state index contributed by atoms with van der Waals surface area (Å²) in [4.78, 5) is 0. The quantitative estimate of drug-likeness (QED) is 0.469. The molecule has 1 fully saturated rings. The van der Waals surface area contributed by atoms with Crippen molar-refractivity contribution in [3.05, 3.63) is 10.6 Å². The molecule has 22 heavy (non-hydrogen) atoms. The molecule has 1 aliphatic heterocycles. The van der Waals surface area contributed by atoms with Crippen LogP contribution in [0.5, 0.6) is 0 Å². The van der Waals surface area contributed by atoms with Gasteiger partial charge in [-0.05, 0) is 31.5 Å². The maximum absolute atomic E-state index is 5.72. The van der Waals surface area contributed by atoms with Gasteiger partial charge in [-0.2, -0.15) is 5.10 Å². The smallest absolute Gasteiger partial charge is 0.195 e. The Morgan fingerprint density at radius 2 is 1.91 bits per heavy atom. The molecule has 0 aliphatic carbocycles. The maximum atomic E-state index is 5.72. The second kappa shape index (κ2) is 10.2. The third-order valence-corrected chi connectivity index (χ3v) is 4.81. The molecule has 1 aliphatic rings. The van der Waals surface area contributed by atoms with Crippen LogP contribution in [0.3, 0.4) is 0 Å². The summed E-state index contributed by atoms with van der Waals surface area (Å²) >= 11 is 5.36. The highest BCUT2D eigenvalue weighted by Crippen LogP contribution is 2.16. The molecule has 2 heterocycles. The first-order valence-corrected chi connectivity index (χ1v) is 9.47. The summed E-state index contributed by atoms with van der Waals surface area (Å²) in [5, 5.41) is 7.35. The summed E-state index contributed by atoms with van der Waals surface area (Å²) in [6, 6.07) is 0. The molecule has 1 atom stereocenters. The lowest BCUT2D eigenvalue weighted by Crippen LogP contribution is -2.17. The van der Waals surface area contributed by atoms with E-state index >= 15 is 0 Å². The maximum Gasteiger partial charge on any atom is 0.195 e. The fourth-order valence-electron chi connectivity index (χ4n) is 3.14. The number of rotatable bonds is 11. The number of nitrogens with one attached hydrogen (secondary N) is 1. The summed E-state index contributed by atoms with van der Waals surface area (Å²) in [5.74, 6) is 1.10. The minimum absolute atomic E-state index is 0.321. The molecule has 4 nitrogen and oxygen atoms in total. The first kappa shape index (κ1) is 17.7. The van der Waals surface area contributed by atoms with E-state index in [0.29, 0.717) is 6.10 Å². The molecular formula is C17H31N3OS. The first-order chi connectivity index (χ1) is 10.8. The van der Waals surface area contributed by atoms with E-state index in [9.17, 15) is 0 Å². The van der Waals surface area contributed by atoms with Crippen LogP contribution in [0.15, 0.2) is 0 Å². The van der Waals surface area contributed by atoms with E-state index in [2.05, 4.69) is 21.7 Å². The topological polar surface area (TPSA) is 42.8 Å². The number of ether oxygens (including phenoxy) is 1. The van der Waals surface area contributed by atoms with Crippen LogP contribution < -0.4 is 0 Å². The van der Waals surface area contributed by atoms with Crippen molar-refractivity contribution < 1.29 is 4.74 Å². The van der Waals surface area contributed by atoms with E-state index in [1.807, 2.05) is 0 Å². The Kier molecular flexibility index (Phi) is 8.16. The van der Waals surface area contributed by atoms with Crippen LogP contribution in [-0.4, -0.2) is 27.5 Å². The molecule has 1 N–H and O–H groups in total. The van der Waals surface area contributed by atoms with Crippen LogP contribution in [0.1, 0.15) is 77.0 Å². The van der Waals surface area contributed by atoms with Gasteiger partial charge in [0, 0.05) is 13.0 Å². The second-order valence-electron chi connectivity index (χ2n) is 6.42. The standard InChI is InChI=1S/C17H31N3OS/c1-2-3-4-5-6-7-8-9-12-16-18-19-17(22)20(16)14-15-11-10-13-21-15/h15H,2-14H2,1H3,(H,19,22). The van der Waals surface area contributed by atoms with Gasteiger partial charge < -0.3 is 9.30 Å². The van der Waals surface area contributed by atoms with E-state index in [1.54, 1.807) is 0 Å². The number of hydrogen-bond donors (Lipinski definition) is 1. The summed E-state index contributed by atoms with van der Waals surface area (Å²) in [7, 11) is 0. The minimum atomic E-state index is 0.321. The van der Waals surface area contributed by atoms with Crippen LogP contribution in [0.2, 0.25) is 0 Å². The van der Waals surface area contributed by atoms with Gasteiger partial charge in [-0.15, -0.1) is 0 Å². The Labute approximate surface area is 139 Å². The Bertz CT molecular complexity index is 463. The number of H-pyrrole nitrogens is 1. The van der Waals surface area contributed by atoms with Gasteiger partial charge in [-0.1, -0.05) is 51.9 Å².